The van der Waals surface area contributed by atoms with Gasteiger partial charge in [-0.2, -0.15) is 0 Å². The van der Waals surface area contributed by atoms with Gasteiger partial charge in [-0.25, -0.2) is 9.37 Å². The first-order valence-corrected chi connectivity index (χ1v) is 12.0. The second-order valence-electron chi connectivity index (χ2n) is 9.19. The Bertz CT molecular complexity index is 1180. The standard InChI is InChI=1S/C25H30FN5O2S/c1-25(2,33)16-7-8-18(20(26)13-16)21-14-19(23(27)32)24(34-21)29-22-6-4-5-17(28-22)15-31-11-9-30(3)10-12-31/h4-8,13-14,33H,9-12,15H2,1-3H3,(H2,27,32)(H,28,29). The van der Waals surface area contributed by atoms with Gasteiger partial charge in [0.15, 0.2) is 0 Å². The second-order valence-corrected chi connectivity index (χ2v) is 10.2. The Labute approximate surface area is 203 Å². The summed E-state index contributed by atoms with van der Waals surface area (Å²) in [4.78, 5) is 22.1. The molecule has 4 rings (SSSR count). The fourth-order valence-electron chi connectivity index (χ4n) is 3.88. The number of amides is 1. The smallest absolute Gasteiger partial charge is 0.251 e. The number of nitrogens with one attached hydrogen (secondary N) is 1. The average molecular weight is 484 g/mol. The number of benzene rings is 1. The Kier molecular flexibility index (Phi) is 6.99. The number of piperazine rings is 1. The zero-order valence-electron chi connectivity index (χ0n) is 19.6. The lowest BCUT2D eigenvalue weighted by Crippen LogP contribution is -2.44. The van der Waals surface area contributed by atoms with Crippen molar-refractivity contribution in [1.82, 2.24) is 14.8 Å². The molecule has 0 spiro atoms. The minimum atomic E-state index is -1.15. The molecule has 0 radical (unpaired) electrons. The minimum Gasteiger partial charge on any atom is -0.386 e. The number of halogens is 1. The van der Waals surface area contributed by atoms with Crippen molar-refractivity contribution < 1.29 is 14.3 Å². The van der Waals surface area contributed by atoms with Crippen LogP contribution in [0.4, 0.5) is 15.2 Å². The fourth-order valence-corrected chi connectivity index (χ4v) is 4.98. The molecule has 0 aliphatic carbocycles. The molecular weight excluding hydrogens is 453 g/mol. The van der Waals surface area contributed by atoms with Crippen molar-refractivity contribution in [2.24, 2.45) is 5.73 Å². The largest absolute Gasteiger partial charge is 0.386 e. The molecule has 0 unspecified atom stereocenters. The lowest BCUT2D eigenvalue weighted by atomic mass is 9.96. The van der Waals surface area contributed by atoms with Crippen LogP contribution in [0.5, 0.6) is 0 Å². The third kappa shape index (κ3) is 5.61. The summed E-state index contributed by atoms with van der Waals surface area (Å²) in [5.74, 6) is -0.483. The molecule has 1 aliphatic rings. The molecule has 0 bridgehead atoms. The van der Waals surface area contributed by atoms with Crippen molar-refractivity contribution >= 4 is 28.1 Å². The number of thiophene rings is 1. The Hall–Kier alpha value is -2.85. The highest BCUT2D eigenvalue weighted by atomic mass is 32.1. The van der Waals surface area contributed by atoms with Crippen LogP contribution in [0.25, 0.3) is 10.4 Å². The highest BCUT2D eigenvalue weighted by molar-refractivity contribution is 7.19. The molecule has 1 amide bonds. The number of aromatic nitrogens is 1. The molecule has 34 heavy (non-hydrogen) atoms. The summed E-state index contributed by atoms with van der Waals surface area (Å²) in [7, 11) is 2.12. The van der Waals surface area contributed by atoms with Gasteiger partial charge >= 0.3 is 0 Å². The highest BCUT2D eigenvalue weighted by Crippen LogP contribution is 2.38. The molecular formula is C25H30FN5O2S. The summed E-state index contributed by atoms with van der Waals surface area (Å²) in [6.07, 6.45) is 0. The van der Waals surface area contributed by atoms with E-state index in [1.807, 2.05) is 18.2 Å². The maximum absolute atomic E-state index is 14.9. The van der Waals surface area contributed by atoms with E-state index in [1.165, 1.54) is 17.4 Å². The monoisotopic (exact) mass is 483 g/mol. The SMILES string of the molecule is CN1CCN(Cc2cccc(Nc3sc(-c4ccc(C(C)(C)O)cc4F)cc3C(N)=O)n2)CC1. The maximum Gasteiger partial charge on any atom is 0.251 e. The van der Waals surface area contributed by atoms with Gasteiger partial charge in [0.1, 0.15) is 16.6 Å². The Morgan fingerprint density at radius 1 is 1.21 bits per heavy atom. The number of hydrogen-bond acceptors (Lipinski definition) is 7. The van der Waals surface area contributed by atoms with Gasteiger partial charge in [-0.3, -0.25) is 9.69 Å². The van der Waals surface area contributed by atoms with Gasteiger partial charge in [-0.05, 0) is 50.7 Å². The van der Waals surface area contributed by atoms with Gasteiger partial charge in [-0.15, -0.1) is 11.3 Å². The van der Waals surface area contributed by atoms with E-state index >= 15 is 0 Å². The summed E-state index contributed by atoms with van der Waals surface area (Å²) >= 11 is 1.23. The van der Waals surface area contributed by atoms with Crippen molar-refractivity contribution in [3.05, 3.63) is 65.1 Å². The Morgan fingerprint density at radius 2 is 1.94 bits per heavy atom. The van der Waals surface area contributed by atoms with Gasteiger partial charge in [-0.1, -0.05) is 18.2 Å². The molecule has 1 saturated heterocycles. The van der Waals surface area contributed by atoms with Crippen molar-refractivity contribution in [2.75, 3.05) is 38.5 Å². The van der Waals surface area contributed by atoms with Crippen LogP contribution >= 0.6 is 11.3 Å². The van der Waals surface area contributed by atoms with Crippen LogP contribution < -0.4 is 11.1 Å². The Balaban J connectivity index is 1.57. The van der Waals surface area contributed by atoms with Gasteiger partial charge in [0.05, 0.1) is 16.9 Å². The number of aliphatic hydroxyl groups is 1. The quantitative estimate of drug-likeness (QED) is 0.474. The number of likely N-dealkylation sites (N-methyl/N-ethyl adjacent to an activating group) is 1. The lowest BCUT2D eigenvalue weighted by Gasteiger charge is -2.32. The zero-order valence-corrected chi connectivity index (χ0v) is 20.5. The van der Waals surface area contributed by atoms with Gasteiger partial charge in [0, 0.05) is 43.2 Å². The number of hydrogen-bond donors (Lipinski definition) is 3. The summed E-state index contributed by atoms with van der Waals surface area (Å²) in [5, 5.41) is 13.9. The average Bonchev–Trinajstić information content (AvgIpc) is 3.18. The van der Waals surface area contributed by atoms with Gasteiger partial charge < -0.3 is 21.1 Å². The third-order valence-corrected chi connectivity index (χ3v) is 7.05. The summed E-state index contributed by atoms with van der Waals surface area (Å²) in [6.45, 7) is 8.01. The molecule has 0 saturated carbocycles. The van der Waals surface area contributed by atoms with E-state index in [9.17, 15) is 14.3 Å². The summed E-state index contributed by atoms with van der Waals surface area (Å²) in [5.41, 5.74) is 6.48. The number of nitrogens with two attached hydrogens (primary N) is 1. The van der Waals surface area contributed by atoms with Crippen molar-refractivity contribution in [3.63, 3.8) is 0 Å². The first kappa shape index (κ1) is 24.3. The lowest BCUT2D eigenvalue weighted by molar-refractivity contribution is 0.0782. The number of nitrogens with zero attached hydrogens (tertiary/aromatic N) is 3. The van der Waals surface area contributed by atoms with E-state index in [2.05, 4.69) is 22.2 Å². The van der Waals surface area contributed by atoms with Crippen molar-refractivity contribution in [3.8, 4) is 10.4 Å². The molecule has 3 aromatic rings. The molecule has 0 atom stereocenters. The molecule has 1 aliphatic heterocycles. The fraction of sp³-hybridized carbons (Fsp3) is 0.360. The van der Waals surface area contributed by atoms with E-state index in [0.29, 0.717) is 26.8 Å². The normalized spacial score (nSPS) is 15.4. The van der Waals surface area contributed by atoms with E-state index in [1.54, 1.807) is 32.0 Å². The number of primary amides is 1. The van der Waals surface area contributed by atoms with Gasteiger partial charge in [0.2, 0.25) is 0 Å². The Morgan fingerprint density at radius 3 is 2.59 bits per heavy atom. The minimum absolute atomic E-state index is 0.275. The molecule has 1 aromatic carbocycles. The molecule has 2 aromatic heterocycles. The predicted octanol–water partition coefficient (Wildman–Crippen LogP) is 3.77. The number of pyridine rings is 1. The van der Waals surface area contributed by atoms with Crippen molar-refractivity contribution in [1.29, 1.82) is 0 Å². The van der Waals surface area contributed by atoms with E-state index in [0.717, 1.165) is 38.4 Å². The third-order valence-electron chi connectivity index (χ3n) is 5.97. The first-order valence-electron chi connectivity index (χ1n) is 11.2. The molecule has 4 N–H and O–H groups in total. The van der Waals surface area contributed by atoms with Crippen LogP contribution in [-0.2, 0) is 12.1 Å². The second kappa shape index (κ2) is 9.79. The van der Waals surface area contributed by atoms with Crippen LogP contribution in [0, 0.1) is 5.82 Å². The highest BCUT2D eigenvalue weighted by Gasteiger charge is 2.21. The molecule has 1 fully saturated rings. The predicted molar refractivity (Wildman–Crippen MR) is 134 cm³/mol. The maximum atomic E-state index is 14.9. The van der Waals surface area contributed by atoms with E-state index in [4.69, 9.17) is 10.7 Å². The topological polar surface area (TPSA) is 94.7 Å². The molecule has 9 heteroatoms. The van der Waals surface area contributed by atoms with Crippen LogP contribution in [0.1, 0.15) is 35.5 Å². The molecule has 7 nitrogen and oxygen atoms in total. The van der Waals surface area contributed by atoms with Crippen LogP contribution in [0.3, 0.4) is 0 Å². The summed E-state index contributed by atoms with van der Waals surface area (Å²) in [6, 6.07) is 11.9. The number of anilines is 2. The van der Waals surface area contributed by atoms with Crippen LogP contribution in [-0.4, -0.2) is 59.0 Å². The number of carbonyl (C=O) groups is 1. The first-order chi connectivity index (χ1) is 16.1. The molecule has 180 valence electrons. The van der Waals surface area contributed by atoms with Crippen molar-refractivity contribution in [2.45, 2.75) is 26.0 Å². The molecule has 3 heterocycles. The number of carbonyl (C=O) groups excluding carboxylic acids is 1. The van der Waals surface area contributed by atoms with E-state index in [-0.39, 0.29) is 5.56 Å². The van der Waals surface area contributed by atoms with Crippen LogP contribution in [0.2, 0.25) is 0 Å². The zero-order chi connectivity index (χ0) is 24.5. The van der Waals surface area contributed by atoms with E-state index < -0.39 is 17.3 Å². The van der Waals surface area contributed by atoms with Crippen LogP contribution in [0.15, 0.2) is 42.5 Å². The summed E-state index contributed by atoms with van der Waals surface area (Å²) < 4.78 is 14.9. The number of rotatable bonds is 7. The van der Waals surface area contributed by atoms with Gasteiger partial charge in [0.25, 0.3) is 5.91 Å².